The molecule has 0 amide bonds. The molecule has 0 bridgehead atoms. The average molecular weight is 386 g/mol. The lowest BCUT2D eigenvalue weighted by molar-refractivity contribution is -0.275. The minimum atomic E-state index is -4.88. The number of nitrogens with two attached hydrogens (primary N) is 1. The molecule has 0 atom stereocenters. The molecule has 0 unspecified atom stereocenters. The first-order valence-electron chi connectivity index (χ1n) is 6.48. The second-order valence-corrected chi connectivity index (χ2v) is 4.88. The number of benzene rings is 2. The van der Waals surface area contributed by atoms with Crippen LogP contribution in [0.1, 0.15) is 0 Å². The Kier molecular flexibility index (Phi) is 7.13. The van der Waals surface area contributed by atoms with E-state index in [9.17, 15) is 17.6 Å². The first-order valence-corrected chi connectivity index (χ1v) is 6.86. The van der Waals surface area contributed by atoms with Crippen LogP contribution in [0, 0.1) is 5.82 Å². The molecular formula is C15H13Cl2F4NO2. The summed E-state index contributed by atoms with van der Waals surface area (Å²) in [6, 6.07) is 7.81. The molecule has 0 aliphatic carbocycles. The summed E-state index contributed by atoms with van der Waals surface area (Å²) in [7, 11) is 0. The maximum absolute atomic E-state index is 13.2. The summed E-state index contributed by atoms with van der Waals surface area (Å²) >= 11 is 5.68. The summed E-state index contributed by atoms with van der Waals surface area (Å²) in [5.41, 5.74) is 6.07. The van der Waals surface area contributed by atoms with Crippen LogP contribution in [0.25, 0.3) is 11.1 Å². The van der Waals surface area contributed by atoms with Crippen LogP contribution < -0.4 is 15.2 Å². The van der Waals surface area contributed by atoms with Gasteiger partial charge in [-0.1, -0.05) is 23.7 Å². The molecule has 9 heteroatoms. The highest BCUT2D eigenvalue weighted by Crippen LogP contribution is 2.36. The van der Waals surface area contributed by atoms with Crippen molar-refractivity contribution in [1.82, 2.24) is 0 Å². The molecule has 2 aromatic carbocycles. The Balaban J connectivity index is 0.00000288. The summed E-state index contributed by atoms with van der Waals surface area (Å²) in [5.74, 6) is -1.22. The van der Waals surface area contributed by atoms with E-state index in [4.69, 9.17) is 22.1 Å². The third-order valence-corrected chi connectivity index (χ3v) is 3.09. The fourth-order valence-corrected chi connectivity index (χ4v) is 2.04. The van der Waals surface area contributed by atoms with Gasteiger partial charge in [-0.15, -0.1) is 25.6 Å². The van der Waals surface area contributed by atoms with Crippen LogP contribution in [0.4, 0.5) is 17.6 Å². The highest BCUT2D eigenvalue weighted by Gasteiger charge is 2.32. The smallest absolute Gasteiger partial charge is 0.488 e. The van der Waals surface area contributed by atoms with Crippen LogP contribution >= 0.6 is 24.0 Å². The van der Waals surface area contributed by atoms with Crippen LogP contribution in [-0.4, -0.2) is 19.5 Å². The van der Waals surface area contributed by atoms with Crippen LogP contribution in [0.5, 0.6) is 11.5 Å². The Bertz CT molecular complexity index is 696. The maximum atomic E-state index is 13.2. The van der Waals surface area contributed by atoms with E-state index in [2.05, 4.69) is 4.74 Å². The third kappa shape index (κ3) is 5.43. The van der Waals surface area contributed by atoms with Crippen molar-refractivity contribution >= 4 is 24.0 Å². The van der Waals surface area contributed by atoms with Crippen LogP contribution in [0.15, 0.2) is 36.4 Å². The lowest BCUT2D eigenvalue weighted by Crippen LogP contribution is -2.18. The molecule has 2 rings (SSSR count). The second kappa shape index (κ2) is 8.41. The molecule has 0 aliphatic rings. The molecule has 0 aromatic heterocycles. The molecule has 132 valence electrons. The Morgan fingerprint density at radius 1 is 1.00 bits per heavy atom. The zero-order chi connectivity index (χ0) is 17.0. The molecule has 0 spiro atoms. The summed E-state index contributed by atoms with van der Waals surface area (Å²) in [5, 5.41) is -0.135. The van der Waals surface area contributed by atoms with Gasteiger partial charge >= 0.3 is 6.36 Å². The van der Waals surface area contributed by atoms with E-state index >= 15 is 0 Å². The number of alkyl halides is 3. The van der Waals surface area contributed by atoms with Gasteiger partial charge in [0.25, 0.3) is 0 Å². The van der Waals surface area contributed by atoms with Crippen molar-refractivity contribution in [2.45, 2.75) is 6.36 Å². The SMILES string of the molecule is Cl.NCCOc1ccc(-c2ccc(F)c(Cl)c2)cc1OC(F)(F)F. The van der Waals surface area contributed by atoms with Gasteiger partial charge in [-0.25, -0.2) is 4.39 Å². The number of rotatable bonds is 5. The largest absolute Gasteiger partial charge is 0.573 e. The zero-order valence-electron chi connectivity index (χ0n) is 12.1. The molecule has 24 heavy (non-hydrogen) atoms. The third-order valence-electron chi connectivity index (χ3n) is 2.80. The van der Waals surface area contributed by atoms with E-state index in [0.717, 1.165) is 12.1 Å². The predicted octanol–water partition coefficient (Wildman–Crippen LogP) is 4.80. The maximum Gasteiger partial charge on any atom is 0.573 e. The van der Waals surface area contributed by atoms with Gasteiger partial charge in [-0.3, -0.25) is 0 Å². The van der Waals surface area contributed by atoms with Gasteiger partial charge in [0.15, 0.2) is 11.5 Å². The Labute approximate surface area is 146 Å². The highest BCUT2D eigenvalue weighted by atomic mass is 35.5. The fourth-order valence-electron chi connectivity index (χ4n) is 1.86. The van der Waals surface area contributed by atoms with Crippen molar-refractivity contribution in [3.63, 3.8) is 0 Å². The summed E-state index contributed by atoms with van der Waals surface area (Å²) in [4.78, 5) is 0. The van der Waals surface area contributed by atoms with Gasteiger partial charge < -0.3 is 15.2 Å². The standard InChI is InChI=1S/C15H12ClF4NO2.ClH/c16-11-7-9(1-3-12(11)17)10-2-4-13(22-6-5-21)14(8-10)23-15(18,19)20;/h1-4,7-8H,5-6,21H2;1H. The van der Waals surface area contributed by atoms with Gasteiger partial charge in [0, 0.05) is 6.54 Å². The van der Waals surface area contributed by atoms with Crippen molar-refractivity contribution in [3.8, 4) is 22.6 Å². The molecule has 0 saturated heterocycles. The van der Waals surface area contributed by atoms with Gasteiger partial charge in [0.1, 0.15) is 12.4 Å². The molecule has 0 radical (unpaired) electrons. The van der Waals surface area contributed by atoms with Crippen molar-refractivity contribution in [3.05, 3.63) is 47.2 Å². The fraction of sp³-hybridized carbons (Fsp3) is 0.200. The molecular weight excluding hydrogens is 373 g/mol. The lowest BCUT2D eigenvalue weighted by atomic mass is 10.1. The van der Waals surface area contributed by atoms with Gasteiger partial charge in [-0.05, 0) is 35.4 Å². The molecule has 3 nitrogen and oxygen atoms in total. The van der Waals surface area contributed by atoms with E-state index in [0.29, 0.717) is 11.1 Å². The first-order chi connectivity index (χ1) is 10.8. The number of hydrogen-bond acceptors (Lipinski definition) is 3. The van der Waals surface area contributed by atoms with E-state index in [1.54, 1.807) is 0 Å². The first kappa shape index (κ1) is 20.3. The van der Waals surface area contributed by atoms with Crippen molar-refractivity contribution in [2.24, 2.45) is 5.73 Å². The highest BCUT2D eigenvalue weighted by molar-refractivity contribution is 6.31. The summed E-state index contributed by atoms with van der Waals surface area (Å²) in [6.07, 6.45) is -4.88. The van der Waals surface area contributed by atoms with Crippen molar-refractivity contribution in [1.29, 1.82) is 0 Å². The summed E-state index contributed by atoms with van der Waals surface area (Å²) < 4.78 is 59.8. The monoisotopic (exact) mass is 385 g/mol. The number of halogens is 6. The minimum Gasteiger partial charge on any atom is -0.488 e. The molecule has 0 heterocycles. The Morgan fingerprint density at radius 2 is 1.62 bits per heavy atom. The topological polar surface area (TPSA) is 44.5 Å². The van der Waals surface area contributed by atoms with Crippen molar-refractivity contribution in [2.75, 3.05) is 13.2 Å². The summed E-state index contributed by atoms with van der Waals surface area (Å²) in [6.45, 7) is 0.177. The van der Waals surface area contributed by atoms with Crippen LogP contribution in [0.2, 0.25) is 5.02 Å². The van der Waals surface area contributed by atoms with E-state index in [-0.39, 0.29) is 36.3 Å². The zero-order valence-corrected chi connectivity index (χ0v) is 13.6. The Hall–Kier alpha value is -1.70. The molecule has 2 aromatic rings. The molecule has 2 N–H and O–H groups in total. The number of ether oxygens (including phenoxy) is 2. The van der Waals surface area contributed by atoms with E-state index in [1.807, 2.05) is 0 Å². The van der Waals surface area contributed by atoms with Gasteiger partial charge in [0.2, 0.25) is 0 Å². The van der Waals surface area contributed by atoms with Crippen molar-refractivity contribution < 1.29 is 27.0 Å². The molecule has 0 fully saturated rings. The van der Waals surface area contributed by atoms with Crippen LogP contribution in [0.3, 0.4) is 0 Å². The average Bonchev–Trinajstić information content (AvgIpc) is 2.47. The second-order valence-electron chi connectivity index (χ2n) is 4.48. The lowest BCUT2D eigenvalue weighted by Gasteiger charge is -2.15. The quantitative estimate of drug-likeness (QED) is 0.751. The predicted molar refractivity (Wildman–Crippen MR) is 85.3 cm³/mol. The number of hydrogen-bond donors (Lipinski definition) is 1. The minimum absolute atomic E-state index is 0. The van der Waals surface area contributed by atoms with Crippen LogP contribution in [-0.2, 0) is 0 Å². The van der Waals surface area contributed by atoms with E-state index in [1.165, 1.54) is 24.3 Å². The van der Waals surface area contributed by atoms with E-state index < -0.39 is 17.9 Å². The Morgan fingerprint density at radius 3 is 2.21 bits per heavy atom. The van der Waals surface area contributed by atoms with Gasteiger partial charge in [0.05, 0.1) is 5.02 Å². The molecule has 0 aliphatic heterocycles. The van der Waals surface area contributed by atoms with Gasteiger partial charge in [-0.2, -0.15) is 0 Å². The normalized spacial score (nSPS) is 10.9. The molecule has 0 saturated carbocycles.